The Morgan fingerprint density at radius 1 is 1.06 bits per heavy atom. The zero-order valence-electron chi connectivity index (χ0n) is 19.6. The highest BCUT2D eigenvalue weighted by Gasteiger charge is 2.25. The lowest BCUT2D eigenvalue weighted by Crippen LogP contribution is -2.40. The fourth-order valence-electron chi connectivity index (χ4n) is 4.59. The van der Waals surface area contributed by atoms with Gasteiger partial charge in [0.05, 0.1) is 17.5 Å². The van der Waals surface area contributed by atoms with Crippen molar-refractivity contribution in [1.82, 2.24) is 29.4 Å². The van der Waals surface area contributed by atoms with Crippen molar-refractivity contribution in [3.63, 3.8) is 0 Å². The molecule has 1 atom stereocenters. The molecule has 35 heavy (non-hydrogen) atoms. The molecule has 0 radical (unpaired) electrons. The molecule has 7 nitrogen and oxygen atoms in total. The van der Waals surface area contributed by atoms with Crippen molar-refractivity contribution in [2.75, 3.05) is 13.1 Å². The van der Waals surface area contributed by atoms with E-state index in [-0.39, 0.29) is 11.7 Å². The number of benzene rings is 1. The van der Waals surface area contributed by atoms with Gasteiger partial charge in [0.25, 0.3) is 5.91 Å². The first-order valence-corrected chi connectivity index (χ1v) is 11.8. The van der Waals surface area contributed by atoms with Crippen LogP contribution < -0.4 is 0 Å². The molecule has 1 fully saturated rings. The second kappa shape index (κ2) is 10.1. The van der Waals surface area contributed by atoms with E-state index in [1.807, 2.05) is 34.8 Å². The summed E-state index contributed by atoms with van der Waals surface area (Å²) >= 11 is 0. The van der Waals surface area contributed by atoms with E-state index >= 15 is 0 Å². The summed E-state index contributed by atoms with van der Waals surface area (Å²) in [6.07, 6.45) is 12.2. The number of nitrogens with zero attached hydrogens (tertiary/aromatic N) is 6. The molecule has 0 N–H and O–H groups in total. The summed E-state index contributed by atoms with van der Waals surface area (Å²) in [6, 6.07) is 10.1. The molecule has 0 saturated carbocycles. The van der Waals surface area contributed by atoms with Gasteiger partial charge in [-0.15, -0.1) is 0 Å². The molecule has 1 aliphatic heterocycles. The maximum absolute atomic E-state index is 13.2. The number of likely N-dealkylation sites (tertiary alicyclic amines) is 1. The average Bonchev–Trinajstić information content (AvgIpc) is 3.32. The van der Waals surface area contributed by atoms with Gasteiger partial charge in [0.2, 0.25) is 0 Å². The molecule has 1 aliphatic rings. The van der Waals surface area contributed by atoms with Crippen LogP contribution in [0.15, 0.2) is 67.4 Å². The fourth-order valence-corrected chi connectivity index (χ4v) is 4.59. The summed E-state index contributed by atoms with van der Waals surface area (Å²) in [5, 5.41) is 0. The summed E-state index contributed by atoms with van der Waals surface area (Å²) in [5.41, 5.74) is 4.08. The van der Waals surface area contributed by atoms with Crippen molar-refractivity contribution in [3.8, 4) is 11.5 Å². The lowest BCUT2D eigenvalue weighted by atomic mass is 9.93. The molecule has 0 unspecified atom stereocenters. The molecule has 0 spiro atoms. The summed E-state index contributed by atoms with van der Waals surface area (Å²) in [6.45, 7) is 1.43. The molecule has 1 saturated heterocycles. The standard InChI is InChI=1S/C27H27FN6O/c1-33-12-10-30-26(33)25-17-29-16-24(32-25)14-20-3-2-11-34(18-20)27(35)21-6-9-23(31-15-21)13-19-4-7-22(28)8-5-19/h4-10,12,15-17,20H,2-3,11,13-14,18H2,1H3/t20-/m0/s1. The normalized spacial score (nSPS) is 15.8. The number of amides is 1. The van der Waals surface area contributed by atoms with Crippen molar-refractivity contribution < 1.29 is 9.18 Å². The van der Waals surface area contributed by atoms with Gasteiger partial charge in [0, 0.05) is 57.0 Å². The molecule has 178 valence electrons. The van der Waals surface area contributed by atoms with Crippen molar-refractivity contribution >= 4 is 5.91 Å². The lowest BCUT2D eigenvalue weighted by molar-refractivity contribution is 0.0672. The first-order chi connectivity index (χ1) is 17.0. The van der Waals surface area contributed by atoms with E-state index in [9.17, 15) is 9.18 Å². The van der Waals surface area contributed by atoms with Crippen LogP contribution in [0.2, 0.25) is 0 Å². The zero-order valence-corrected chi connectivity index (χ0v) is 19.6. The Balaban J connectivity index is 1.21. The first kappa shape index (κ1) is 22.8. The topological polar surface area (TPSA) is 76.8 Å². The summed E-state index contributed by atoms with van der Waals surface area (Å²) in [5.74, 6) is 0.859. The third-order valence-corrected chi connectivity index (χ3v) is 6.41. The molecule has 4 heterocycles. The Morgan fingerprint density at radius 3 is 2.66 bits per heavy atom. The van der Waals surface area contributed by atoms with Gasteiger partial charge in [0.15, 0.2) is 5.82 Å². The third kappa shape index (κ3) is 5.42. The van der Waals surface area contributed by atoms with Gasteiger partial charge in [-0.2, -0.15) is 0 Å². The second-order valence-electron chi connectivity index (χ2n) is 9.06. The van der Waals surface area contributed by atoms with Gasteiger partial charge in [-0.1, -0.05) is 12.1 Å². The molecular weight excluding hydrogens is 443 g/mol. The highest BCUT2D eigenvalue weighted by molar-refractivity contribution is 5.94. The highest BCUT2D eigenvalue weighted by Crippen LogP contribution is 2.23. The number of aromatic nitrogens is 5. The van der Waals surface area contributed by atoms with E-state index in [0.717, 1.165) is 54.3 Å². The number of carbonyl (C=O) groups is 1. The van der Waals surface area contributed by atoms with Crippen LogP contribution >= 0.6 is 0 Å². The first-order valence-electron chi connectivity index (χ1n) is 11.8. The van der Waals surface area contributed by atoms with Crippen LogP contribution in [0.3, 0.4) is 0 Å². The monoisotopic (exact) mass is 470 g/mol. The SMILES string of the molecule is Cn1ccnc1-c1cncc(C[C@@H]2CCCN(C(=O)c3ccc(Cc4ccc(F)cc4)nc3)C2)n1. The third-order valence-electron chi connectivity index (χ3n) is 6.41. The van der Waals surface area contributed by atoms with Crippen LogP contribution in [0.5, 0.6) is 0 Å². The summed E-state index contributed by atoms with van der Waals surface area (Å²) in [7, 11) is 1.94. The maximum Gasteiger partial charge on any atom is 0.255 e. The number of hydrogen-bond donors (Lipinski definition) is 0. The van der Waals surface area contributed by atoms with E-state index in [1.165, 1.54) is 12.1 Å². The number of imidazole rings is 1. The number of halogens is 1. The highest BCUT2D eigenvalue weighted by atomic mass is 19.1. The van der Waals surface area contributed by atoms with E-state index in [1.54, 1.807) is 36.9 Å². The minimum Gasteiger partial charge on any atom is -0.338 e. The number of hydrogen-bond acceptors (Lipinski definition) is 5. The maximum atomic E-state index is 13.2. The zero-order chi connectivity index (χ0) is 24.2. The van der Waals surface area contributed by atoms with Gasteiger partial charge < -0.3 is 9.47 Å². The van der Waals surface area contributed by atoms with E-state index in [0.29, 0.717) is 24.4 Å². The van der Waals surface area contributed by atoms with Crippen molar-refractivity contribution in [2.45, 2.75) is 25.7 Å². The molecular formula is C27H27FN6O. The fraction of sp³-hybridized carbons (Fsp3) is 0.296. The minimum atomic E-state index is -0.254. The second-order valence-corrected chi connectivity index (χ2v) is 9.06. The van der Waals surface area contributed by atoms with Gasteiger partial charge in [-0.05, 0) is 55.0 Å². The Morgan fingerprint density at radius 2 is 1.91 bits per heavy atom. The smallest absolute Gasteiger partial charge is 0.255 e. The number of carbonyl (C=O) groups excluding carboxylic acids is 1. The average molecular weight is 471 g/mol. The van der Waals surface area contributed by atoms with E-state index < -0.39 is 0 Å². The summed E-state index contributed by atoms with van der Waals surface area (Å²) in [4.78, 5) is 33.0. The Bertz CT molecular complexity index is 1300. The van der Waals surface area contributed by atoms with Crippen molar-refractivity contribution in [2.24, 2.45) is 13.0 Å². The number of rotatable bonds is 6. The molecule has 8 heteroatoms. The van der Waals surface area contributed by atoms with Crippen LogP contribution in [0.4, 0.5) is 4.39 Å². The van der Waals surface area contributed by atoms with Gasteiger partial charge >= 0.3 is 0 Å². The Labute approximate surface area is 203 Å². The molecule has 1 amide bonds. The van der Waals surface area contributed by atoms with Gasteiger partial charge in [-0.25, -0.2) is 14.4 Å². The quantitative estimate of drug-likeness (QED) is 0.424. The van der Waals surface area contributed by atoms with Crippen LogP contribution in [0.25, 0.3) is 11.5 Å². The largest absolute Gasteiger partial charge is 0.338 e. The van der Waals surface area contributed by atoms with Crippen LogP contribution in [-0.2, 0) is 19.9 Å². The predicted octanol–water partition coefficient (Wildman–Crippen LogP) is 4.10. The predicted molar refractivity (Wildman–Crippen MR) is 130 cm³/mol. The number of aryl methyl sites for hydroxylation is 1. The number of pyridine rings is 1. The molecule has 4 aromatic rings. The molecule has 3 aromatic heterocycles. The molecule has 5 rings (SSSR count). The lowest BCUT2D eigenvalue weighted by Gasteiger charge is -2.32. The molecule has 0 aliphatic carbocycles. The van der Waals surface area contributed by atoms with Crippen LogP contribution in [0, 0.1) is 11.7 Å². The Hall–Kier alpha value is -3.94. The van der Waals surface area contributed by atoms with Crippen molar-refractivity contribution in [3.05, 3.63) is 95.7 Å². The van der Waals surface area contributed by atoms with Crippen LogP contribution in [0.1, 0.15) is 40.2 Å². The summed E-state index contributed by atoms with van der Waals surface area (Å²) < 4.78 is 15.0. The number of piperidine rings is 1. The van der Waals surface area contributed by atoms with Crippen LogP contribution in [-0.4, -0.2) is 48.4 Å². The van der Waals surface area contributed by atoms with Crippen molar-refractivity contribution in [1.29, 1.82) is 0 Å². The molecule has 1 aromatic carbocycles. The van der Waals surface area contributed by atoms with Gasteiger partial charge in [-0.3, -0.25) is 14.8 Å². The Kier molecular flexibility index (Phi) is 6.61. The van der Waals surface area contributed by atoms with E-state index in [4.69, 9.17) is 4.98 Å². The van der Waals surface area contributed by atoms with E-state index in [2.05, 4.69) is 15.0 Å². The minimum absolute atomic E-state index is 0.00313. The van der Waals surface area contributed by atoms with Gasteiger partial charge in [0.1, 0.15) is 11.5 Å². The molecule has 0 bridgehead atoms.